The Morgan fingerprint density at radius 2 is 1.71 bits per heavy atom. The van der Waals surface area contributed by atoms with Crippen molar-refractivity contribution in [3.05, 3.63) is 90.4 Å². The third kappa shape index (κ3) is 3.92. The summed E-state index contributed by atoms with van der Waals surface area (Å²) in [6.07, 6.45) is 4.16. The smallest absolute Gasteiger partial charge is 0.196 e. The van der Waals surface area contributed by atoms with E-state index in [-0.39, 0.29) is 0 Å². The fourth-order valence-electron chi connectivity index (χ4n) is 3.47. The maximum atomic E-state index is 5.32. The lowest BCUT2D eigenvalue weighted by molar-refractivity contribution is 0.414. The summed E-state index contributed by atoms with van der Waals surface area (Å²) in [7, 11) is 1.67. The molecule has 0 saturated heterocycles. The molecular formula is C24H21N5OS. The second-order valence-electron chi connectivity index (χ2n) is 7.20. The van der Waals surface area contributed by atoms with Gasteiger partial charge in [-0.1, -0.05) is 48.2 Å². The highest BCUT2D eigenvalue weighted by molar-refractivity contribution is 7.98. The number of nitrogens with zero attached hydrogens (tertiary/aromatic N) is 5. The lowest BCUT2D eigenvalue weighted by Gasteiger charge is -2.11. The molecule has 0 amide bonds. The summed E-state index contributed by atoms with van der Waals surface area (Å²) in [4.78, 5) is 4.73. The molecular weight excluding hydrogens is 406 g/mol. The van der Waals surface area contributed by atoms with Gasteiger partial charge in [0.2, 0.25) is 0 Å². The average molecular weight is 428 g/mol. The Hall–Kier alpha value is -3.58. The summed E-state index contributed by atoms with van der Waals surface area (Å²) in [5.41, 5.74) is 5.15. The number of benzene rings is 2. The number of rotatable bonds is 6. The van der Waals surface area contributed by atoms with Crippen LogP contribution in [0.15, 0.2) is 84.3 Å². The molecule has 0 atom stereocenters. The molecule has 7 heteroatoms. The molecule has 6 nitrogen and oxygen atoms in total. The van der Waals surface area contributed by atoms with Gasteiger partial charge in [0.05, 0.1) is 12.8 Å². The van der Waals surface area contributed by atoms with Crippen molar-refractivity contribution >= 4 is 17.4 Å². The molecule has 0 spiro atoms. The first-order valence-electron chi connectivity index (χ1n) is 9.93. The van der Waals surface area contributed by atoms with E-state index in [1.807, 2.05) is 60.7 Å². The molecule has 5 aromatic rings. The quantitative estimate of drug-likeness (QED) is 0.349. The van der Waals surface area contributed by atoms with E-state index in [9.17, 15) is 0 Å². The van der Waals surface area contributed by atoms with Crippen LogP contribution in [0.1, 0.15) is 11.3 Å². The number of fused-ring (bicyclic) bond motifs is 1. The topological polar surface area (TPSA) is 57.2 Å². The molecule has 3 aromatic heterocycles. The summed E-state index contributed by atoms with van der Waals surface area (Å²) < 4.78 is 9.46. The van der Waals surface area contributed by atoms with Crippen LogP contribution in [0.2, 0.25) is 0 Å². The van der Waals surface area contributed by atoms with Gasteiger partial charge in [-0.05, 0) is 42.8 Å². The SMILES string of the molecule is COc1ccc(-n2c(SCc3cn4cc(C)ccc4n3)nnc2-c2ccccc2)cc1. The summed E-state index contributed by atoms with van der Waals surface area (Å²) in [6.45, 7) is 2.08. The molecule has 2 aromatic carbocycles. The molecule has 0 N–H and O–H groups in total. The number of imidazole rings is 1. The first-order chi connectivity index (χ1) is 15.2. The van der Waals surface area contributed by atoms with E-state index < -0.39 is 0 Å². The molecule has 154 valence electrons. The fourth-order valence-corrected chi connectivity index (χ4v) is 4.30. The minimum Gasteiger partial charge on any atom is -0.497 e. The molecule has 5 rings (SSSR count). The Balaban J connectivity index is 1.50. The third-order valence-electron chi connectivity index (χ3n) is 4.99. The van der Waals surface area contributed by atoms with Gasteiger partial charge in [0, 0.05) is 29.4 Å². The van der Waals surface area contributed by atoms with Gasteiger partial charge in [0.25, 0.3) is 0 Å². The van der Waals surface area contributed by atoms with Gasteiger partial charge in [0.15, 0.2) is 11.0 Å². The number of ether oxygens (including phenoxy) is 1. The number of thioether (sulfide) groups is 1. The highest BCUT2D eigenvalue weighted by Crippen LogP contribution is 2.30. The lowest BCUT2D eigenvalue weighted by Crippen LogP contribution is -2.00. The summed E-state index contributed by atoms with van der Waals surface area (Å²) >= 11 is 1.62. The first kappa shape index (κ1) is 19.4. The van der Waals surface area contributed by atoms with Crippen LogP contribution in [0.5, 0.6) is 5.75 Å². The summed E-state index contributed by atoms with van der Waals surface area (Å²) in [5.74, 6) is 2.32. The van der Waals surface area contributed by atoms with Crippen molar-refractivity contribution in [2.24, 2.45) is 0 Å². The fraction of sp³-hybridized carbons (Fsp3) is 0.125. The van der Waals surface area contributed by atoms with E-state index in [0.29, 0.717) is 5.75 Å². The number of pyridine rings is 1. The van der Waals surface area contributed by atoms with E-state index in [4.69, 9.17) is 9.72 Å². The van der Waals surface area contributed by atoms with Gasteiger partial charge in [-0.25, -0.2) is 4.98 Å². The van der Waals surface area contributed by atoms with Gasteiger partial charge in [0.1, 0.15) is 11.4 Å². The molecule has 0 aliphatic rings. The zero-order valence-electron chi connectivity index (χ0n) is 17.3. The van der Waals surface area contributed by atoms with Gasteiger partial charge in [-0.2, -0.15) is 0 Å². The Kier molecular flexibility index (Phi) is 5.18. The van der Waals surface area contributed by atoms with Gasteiger partial charge in [-0.3, -0.25) is 4.57 Å². The zero-order chi connectivity index (χ0) is 21.2. The number of hydrogen-bond donors (Lipinski definition) is 0. The van der Waals surface area contributed by atoms with Crippen LogP contribution in [0.25, 0.3) is 22.7 Å². The minimum atomic E-state index is 0.698. The van der Waals surface area contributed by atoms with Crippen molar-refractivity contribution in [2.75, 3.05) is 7.11 Å². The van der Waals surface area contributed by atoms with Crippen molar-refractivity contribution < 1.29 is 4.74 Å². The van der Waals surface area contributed by atoms with Crippen molar-refractivity contribution in [3.8, 4) is 22.8 Å². The number of hydrogen-bond acceptors (Lipinski definition) is 5. The number of aryl methyl sites for hydroxylation is 1. The van der Waals surface area contributed by atoms with Crippen LogP contribution >= 0.6 is 11.8 Å². The Labute approximate surface area is 184 Å². The van der Waals surface area contributed by atoms with Crippen LogP contribution in [0.4, 0.5) is 0 Å². The van der Waals surface area contributed by atoms with E-state index in [0.717, 1.165) is 39.3 Å². The minimum absolute atomic E-state index is 0.698. The normalized spacial score (nSPS) is 11.2. The predicted molar refractivity (Wildman–Crippen MR) is 123 cm³/mol. The average Bonchev–Trinajstić information content (AvgIpc) is 3.41. The molecule has 0 aliphatic carbocycles. The summed E-state index contributed by atoms with van der Waals surface area (Å²) in [5, 5.41) is 9.83. The maximum Gasteiger partial charge on any atom is 0.196 e. The molecule has 0 saturated carbocycles. The first-order valence-corrected chi connectivity index (χ1v) is 10.9. The van der Waals surface area contributed by atoms with Crippen LogP contribution in [-0.2, 0) is 5.75 Å². The maximum absolute atomic E-state index is 5.32. The van der Waals surface area contributed by atoms with Crippen molar-refractivity contribution in [1.82, 2.24) is 24.1 Å². The van der Waals surface area contributed by atoms with Gasteiger partial charge >= 0.3 is 0 Å². The Morgan fingerprint density at radius 1 is 0.903 bits per heavy atom. The Morgan fingerprint density at radius 3 is 2.48 bits per heavy atom. The molecule has 0 radical (unpaired) electrons. The third-order valence-corrected chi connectivity index (χ3v) is 5.96. The molecule has 0 bridgehead atoms. The van der Waals surface area contributed by atoms with Crippen LogP contribution in [0, 0.1) is 6.92 Å². The van der Waals surface area contributed by atoms with E-state index >= 15 is 0 Å². The van der Waals surface area contributed by atoms with E-state index in [1.165, 1.54) is 5.56 Å². The van der Waals surface area contributed by atoms with Crippen molar-refractivity contribution in [2.45, 2.75) is 17.8 Å². The van der Waals surface area contributed by atoms with E-state index in [2.05, 4.69) is 44.5 Å². The van der Waals surface area contributed by atoms with Crippen molar-refractivity contribution in [1.29, 1.82) is 0 Å². The largest absolute Gasteiger partial charge is 0.497 e. The van der Waals surface area contributed by atoms with Crippen molar-refractivity contribution in [3.63, 3.8) is 0 Å². The van der Waals surface area contributed by atoms with Gasteiger partial charge in [-0.15, -0.1) is 10.2 Å². The monoisotopic (exact) mass is 427 g/mol. The molecule has 31 heavy (non-hydrogen) atoms. The molecule has 0 unspecified atom stereocenters. The van der Waals surface area contributed by atoms with E-state index in [1.54, 1.807) is 18.9 Å². The van der Waals surface area contributed by atoms with Crippen LogP contribution < -0.4 is 4.74 Å². The molecule has 0 aliphatic heterocycles. The Bertz CT molecular complexity index is 1330. The second-order valence-corrected chi connectivity index (χ2v) is 8.14. The summed E-state index contributed by atoms with van der Waals surface area (Å²) in [6, 6.07) is 22.2. The zero-order valence-corrected chi connectivity index (χ0v) is 18.1. The predicted octanol–water partition coefficient (Wildman–Crippen LogP) is 5.19. The molecule has 3 heterocycles. The standard InChI is InChI=1S/C24H21N5OS/c1-17-8-13-22-25-19(15-28(22)14-17)16-31-24-27-26-23(18-6-4-3-5-7-18)29(24)20-9-11-21(30-2)12-10-20/h3-15H,16H2,1-2H3. The molecule has 0 fully saturated rings. The van der Waals surface area contributed by atoms with Crippen LogP contribution in [-0.4, -0.2) is 31.3 Å². The second kappa shape index (κ2) is 8.28. The van der Waals surface area contributed by atoms with Gasteiger partial charge < -0.3 is 9.14 Å². The highest BCUT2D eigenvalue weighted by Gasteiger charge is 2.17. The number of aromatic nitrogens is 5. The van der Waals surface area contributed by atoms with Crippen LogP contribution in [0.3, 0.4) is 0 Å². The number of methoxy groups -OCH3 is 1. The lowest BCUT2D eigenvalue weighted by atomic mass is 10.2. The highest BCUT2D eigenvalue weighted by atomic mass is 32.2.